The normalized spacial score (nSPS) is 12.8. The number of esters is 1. The Balaban J connectivity index is 1.66. The first-order valence-corrected chi connectivity index (χ1v) is 8.52. The summed E-state index contributed by atoms with van der Waals surface area (Å²) in [5.74, 6) is -0.842. The summed E-state index contributed by atoms with van der Waals surface area (Å²) in [5.41, 5.74) is 2.14. The number of imidazole rings is 1. The Morgan fingerprint density at radius 2 is 1.89 bits per heavy atom. The van der Waals surface area contributed by atoms with Gasteiger partial charge in [-0.3, -0.25) is 4.57 Å². The van der Waals surface area contributed by atoms with E-state index in [1.54, 1.807) is 38.1 Å². The van der Waals surface area contributed by atoms with Gasteiger partial charge in [0.25, 0.3) is 11.6 Å². The summed E-state index contributed by atoms with van der Waals surface area (Å²) in [7, 11) is 0. The number of carbonyl (C=O) groups excluding carboxylic acids is 1. The predicted molar refractivity (Wildman–Crippen MR) is 95.1 cm³/mol. The van der Waals surface area contributed by atoms with Crippen LogP contribution >= 0.6 is 0 Å². The molecule has 0 N–H and O–H groups in total. The highest BCUT2D eigenvalue weighted by molar-refractivity contribution is 5.86. The van der Waals surface area contributed by atoms with Gasteiger partial charge in [0.15, 0.2) is 11.9 Å². The van der Waals surface area contributed by atoms with Crippen LogP contribution in [0.5, 0.6) is 0 Å². The summed E-state index contributed by atoms with van der Waals surface area (Å²) in [5, 5.41) is 4.09. The molecule has 1 atom stereocenters. The summed E-state index contributed by atoms with van der Waals surface area (Å²) in [6, 6.07) is 8.29. The van der Waals surface area contributed by atoms with Crippen LogP contribution in [0.3, 0.4) is 0 Å². The number of alkyl halides is 2. The number of hydrogen-bond acceptors (Lipinski definition) is 6. The maximum absolute atomic E-state index is 13.6. The number of nitrogens with zero attached hydrogens (tertiary/aromatic N) is 6. The second-order valence-corrected chi connectivity index (χ2v) is 6.34. The van der Waals surface area contributed by atoms with E-state index in [9.17, 15) is 13.6 Å². The van der Waals surface area contributed by atoms with E-state index in [1.807, 2.05) is 0 Å². The van der Waals surface area contributed by atoms with Crippen LogP contribution in [0.4, 0.5) is 8.78 Å². The molecule has 28 heavy (non-hydrogen) atoms. The second kappa shape index (κ2) is 6.63. The van der Waals surface area contributed by atoms with Gasteiger partial charge in [-0.15, -0.1) is 5.10 Å². The molecular weight excluding hydrogens is 370 g/mol. The number of carbonyl (C=O) groups is 1. The Kier molecular flexibility index (Phi) is 4.25. The van der Waals surface area contributed by atoms with Crippen molar-refractivity contribution in [3.05, 3.63) is 53.4 Å². The Labute approximate surface area is 157 Å². The van der Waals surface area contributed by atoms with Crippen molar-refractivity contribution in [3.63, 3.8) is 0 Å². The maximum Gasteiger partial charge on any atom is 0.379 e. The average molecular weight is 386 g/mol. The highest BCUT2D eigenvalue weighted by atomic mass is 19.3. The summed E-state index contributed by atoms with van der Waals surface area (Å²) < 4.78 is 34.6. The summed E-state index contributed by atoms with van der Waals surface area (Å²) in [6.07, 6.45) is -1.03. The lowest BCUT2D eigenvalue weighted by atomic mass is 10.3. The number of aromatic nitrogens is 6. The smallest absolute Gasteiger partial charge is 0.379 e. The van der Waals surface area contributed by atoms with Gasteiger partial charge in [-0.05, 0) is 39.0 Å². The molecule has 144 valence electrons. The summed E-state index contributed by atoms with van der Waals surface area (Å²) in [4.78, 5) is 25.0. The number of rotatable bonds is 4. The zero-order valence-corrected chi connectivity index (χ0v) is 15.3. The molecule has 3 heterocycles. The lowest BCUT2D eigenvalue weighted by Crippen LogP contribution is -2.15. The third-order valence-corrected chi connectivity index (χ3v) is 4.27. The minimum Gasteiger partial charge on any atom is -0.449 e. The average Bonchev–Trinajstić information content (AvgIpc) is 3.23. The van der Waals surface area contributed by atoms with Crippen LogP contribution in [0.2, 0.25) is 0 Å². The van der Waals surface area contributed by atoms with Crippen LogP contribution < -0.4 is 0 Å². The van der Waals surface area contributed by atoms with Crippen LogP contribution in [0.25, 0.3) is 16.8 Å². The molecule has 3 aromatic heterocycles. The van der Waals surface area contributed by atoms with E-state index in [0.717, 1.165) is 16.0 Å². The minimum absolute atomic E-state index is 0.0570. The molecule has 0 amide bonds. The Bertz CT molecular complexity index is 1200. The molecule has 8 nitrogen and oxygen atoms in total. The molecule has 10 heteroatoms. The van der Waals surface area contributed by atoms with E-state index in [4.69, 9.17) is 4.74 Å². The van der Waals surface area contributed by atoms with Crippen molar-refractivity contribution >= 4 is 22.8 Å². The van der Waals surface area contributed by atoms with Crippen molar-refractivity contribution in [1.82, 2.24) is 29.1 Å². The molecule has 1 unspecified atom stereocenters. The molecule has 4 rings (SSSR count). The highest BCUT2D eigenvalue weighted by Gasteiger charge is 2.26. The van der Waals surface area contributed by atoms with Crippen molar-refractivity contribution in [1.29, 1.82) is 0 Å². The van der Waals surface area contributed by atoms with Crippen LogP contribution in [-0.4, -0.2) is 35.1 Å². The van der Waals surface area contributed by atoms with Gasteiger partial charge in [0.05, 0.1) is 11.0 Å². The van der Waals surface area contributed by atoms with Crippen molar-refractivity contribution in [2.75, 3.05) is 0 Å². The minimum atomic E-state index is -2.83. The Hall–Kier alpha value is -3.43. The van der Waals surface area contributed by atoms with Crippen molar-refractivity contribution in [2.24, 2.45) is 0 Å². The molecule has 1 aromatic carbocycles. The van der Waals surface area contributed by atoms with E-state index < -0.39 is 18.6 Å². The summed E-state index contributed by atoms with van der Waals surface area (Å²) >= 11 is 0. The van der Waals surface area contributed by atoms with E-state index >= 15 is 0 Å². The fourth-order valence-electron chi connectivity index (χ4n) is 3.07. The molecule has 0 saturated heterocycles. The third kappa shape index (κ3) is 2.96. The Morgan fingerprint density at radius 1 is 1.14 bits per heavy atom. The number of benzene rings is 1. The lowest BCUT2D eigenvalue weighted by Gasteiger charge is -2.14. The maximum atomic E-state index is 13.6. The van der Waals surface area contributed by atoms with Crippen molar-refractivity contribution in [2.45, 2.75) is 33.4 Å². The molecule has 0 spiro atoms. The van der Waals surface area contributed by atoms with Gasteiger partial charge in [0.2, 0.25) is 0 Å². The largest absolute Gasteiger partial charge is 0.449 e. The van der Waals surface area contributed by atoms with Gasteiger partial charge in [-0.2, -0.15) is 13.8 Å². The fraction of sp³-hybridized carbons (Fsp3) is 0.278. The number of para-hydroxylation sites is 2. The van der Waals surface area contributed by atoms with Crippen LogP contribution in [0, 0.1) is 13.8 Å². The van der Waals surface area contributed by atoms with Gasteiger partial charge in [-0.25, -0.2) is 19.3 Å². The van der Waals surface area contributed by atoms with Gasteiger partial charge < -0.3 is 4.74 Å². The van der Waals surface area contributed by atoms with E-state index in [2.05, 4.69) is 20.1 Å². The molecule has 0 aliphatic carbocycles. The Morgan fingerprint density at radius 3 is 2.64 bits per heavy atom. The molecule has 4 aromatic rings. The van der Waals surface area contributed by atoms with Gasteiger partial charge in [-0.1, -0.05) is 12.1 Å². The zero-order chi connectivity index (χ0) is 20.0. The third-order valence-electron chi connectivity index (χ3n) is 4.27. The van der Waals surface area contributed by atoms with Gasteiger partial charge in [0, 0.05) is 11.4 Å². The van der Waals surface area contributed by atoms with Gasteiger partial charge in [0.1, 0.15) is 0 Å². The standard InChI is InChI=1S/C18H16F2N6O2/c1-9-8-10(2)26-18(21-9)23-14(24-26)16(27)28-11(3)15-22-12-6-4-5-7-13(12)25(15)17(19)20/h4-8,11,17H,1-3H3. The molecule has 0 bridgehead atoms. The number of fused-ring (bicyclic) bond motifs is 2. The number of aryl methyl sites for hydroxylation is 2. The molecule has 0 aliphatic rings. The highest BCUT2D eigenvalue weighted by Crippen LogP contribution is 2.28. The first kappa shape index (κ1) is 18.0. The van der Waals surface area contributed by atoms with E-state index in [0.29, 0.717) is 5.52 Å². The molecule has 0 aliphatic heterocycles. The topological polar surface area (TPSA) is 87.2 Å². The lowest BCUT2D eigenvalue weighted by molar-refractivity contribution is 0.0221. The monoisotopic (exact) mass is 386 g/mol. The molecular formula is C18H16F2N6O2. The number of halogens is 2. The molecule has 0 fully saturated rings. The predicted octanol–water partition coefficient (Wildman–Crippen LogP) is 3.40. The van der Waals surface area contributed by atoms with E-state index in [1.165, 1.54) is 17.5 Å². The number of hydrogen-bond donors (Lipinski definition) is 0. The second-order valence-electron chi connectivity index (χ2n) is 6.34. The first-order chi connectivity index (χ1) is 13.3. The van der Waals surface area contributed by atoms with Crippen LogP contribution in [0.1, 0.15) is 47.4 Å². The zero-order valence-electron chi connectivity index (χ0n) is 15.3. The van der Waals surface area contributed by atoms with Gasteiger partial charge >= 0.3 is 12.5 Å². The van der Waals surface area contributed by atoms with Crippen molar-refractivity contribution in [3.8, 4) is 0 Å². The van der Waals surface area contributed by atoms with Crippen LogP contribution in [-0.2, 0) is 4.74 Å². The molecule has 0 radical (unpaired) electrons. The summed E-state index contributed by atoms with van der Waals surface area (Å²) in [6.45, 7) is 2.25. The fourth-order valence-corrected chi connectivity index (χ4v) is 3.07. The quantitative estimate of drug-likeness (QED) is 0.500. The first-order valence-electron chi connectivity index (χ1n) is 8.52. The van der Waals surface area contributed by atoms with Crippen LogP contribution in [0.15, 0.2) is 30.3 Å². The number of ether oxygens (including phenoxy) is 1. The SMILES string of the molecule is Cc1cc(C)n2nc(C(=O)OC(C)c3nc4ccccc4n3C(F)F)nc2n1. The molecule has 0 saturated carbocycles. The van der Waals surface area contributed by atoms with Crippen molar-refractivity contribution < 1.29 is 18.3 Å². The van der Waals surface area contributed by atoms with E-state index in [-0.39, 0.29) is 22.9 Å².